The zero-order chi connectivity index (χ0) is 16.4. The van der Waals surface area contributed by atoms with Crippen LogP contribution >= 0.6 is 0 Å². The maximum atomic E-state index is 12.5. The first kappa shape index (κ1) is 15.6. The normalized spacial score (nSPS) is 18.0. The fraction of sp³-hybridized carbons (Fsp3) is 0.412. The maximum absolute atomic E-state index is 12.5. The molecule has 1 aromatic heterocycles. The Morgan fingerprint density at radius 2 is 2.22 bits per heavy atom. The number of rotatable bonds is 3. The number of ether oxygens (including phenoxy) is 1. The second kappa shape index (κ2) is 6.42. The maximum Gasteiger partial charge on any atom is 0.274 e. The lowest BCUT2D eigenvalue weighted by molar-refractivity contribution is 0.0468. The van der Waals surface area contributed by atoms with Gasteiger partial charge in [-0.05, 0) is 43.5 Å². The quantitative estimate of drug-likeness (QED) is 0.937. The summed E-state index contributed by atoms with van der Waals surface area (Å²) in [6, 6.07) is 7.51. The molecule has 1 unspecified atom stereocenters. The summed E-state index contributed by atoms with van der Waals surface area (Å²) in [5.41, 5.74) is 2.26. The molecule has 1 aromatic carbocycles. The van der Waals surface area contributed by atoms with Gasteiger partial charge < -0.3 is 14.7 Å². The van der Waals surface area contributed by atoms with E-state index in [1.165, 1.54) is 0 Å². The van der Waals surface area contributed by atoms with E-state index >= 15 is 0 Å². The van der Waals surface area contributed by atoms with Gasteiger partial charge in [-0.1, -0.05) is 6.07 Å². The van der Waals surface area contributed by atoms with Gasteiger partial charge in [0.15, 0.2) is 5.69 Å². The zero-order valence-corrected chi connectivity index (χ0v) is 13.4. The van der Waals surface area contributed by atoms with Crippen LogP contribution in [0.25, 0.3) is 5.69 Å². The molecule has 122 valence electrons. The van der Waals surface area contributed by atoms with Crippen LogP contribution in [-0.2, 0) is 0 Å². The SMILES string of the molecule is COc1ccc(C)cc1-n1ccc(C(=O)N2CCCC(O)C2)n1. The molecule has 0 saturated carbocycles. The Morgan fingerprint density at radius 1 is 1.39 bits per heavy atom. The molecule has 6 heteroatoms. The molecule has 3 rings (SSSR count). The zero-order valence-electron chi connectivity index (χ0n) is 13.4. The minimum Gasteiger partial charge on any atom is -0.494 e. The van der Waals surface area contributed by atoms with Gasteiger partial charge in [0.2, 0.25) is 0 Å². The smallest absolute Gasteiger partial charge is 0.274 e. The lowest BCUT2D eigenvalue weighted by atomic mass is 10.1. The highest BCUT2D eigenvalue weighted by molar-refractivity contribution is 5.92. The molecule has 0 spiro atoms. The predicted molar refractivity (Wildman–Crippen MR) is 86.0 cm³/mol. The molecule has 2 aromatic rings. The fourth-order valence-electron chi connectivity index (χ4n) is 2.85. The number of hydrogen-bond donors (Lipinski definition) is 1. The molecule has 1 amide bonds. The number of benzene rings is 1. The fourth-order valence-corrected chi connectivity index (χ4v) is 2.85. The van der Waals surface area contributed by atoms with Crippen molar-refractivity contribution in [3.63, 3.8) is 0 Å². The van der Waals surface area contributed by atoms with E-state index in [0.29, 0.717) is 24.5 Å². The number of likely N-dealkylation sites (tertiary alicyclic amines) is 1. The van der Waals surface area contributed by atoms with E-state index in [1.807, 2.05) is 25.1 Å². The number of amides is 1. The lowest BCUT2D eigenvalue weighted by Crippen LogP contribution is -2.42. The van der Waals surface area contributed by atoms with Gasteiger partial charge >= 0.3 is 0 Å². The number of hydrogen-bond acceptors (Lipinski definition) is 4. The number of aliphatic hydroxyl groups is 1. The second-order valence-electron chi connectivity index (χ2n) is 5.87. The summed E-state index contributed by atoms with van der Waals surface area (Å²) in [5, 5.41) is 14.1. The summed E-state index contributed by atoms with van der Waals surface area (Å²) in [4.78, 5) is 14.2. The minimum absolute atomic E-state index is 0.144. The van der Waals surface area contributed by atoms with E-state index in [9.17, 15) is 9.90 Å². The minimum atomic E-state index is -0.438. The van der Waals surface area contributed by atoms with E-state index in [2.05, 4.69) is 5.10 Å². The Kier molecular flexibility index (Phi) is 4.34. The van der Waals surface area contributed by atoms with Crippen molar-refractivity contribution >= 4 is 5.91 Å². The van der Waals surface area contributed by atoms with Crippen molar-refractivity contribution in [3.8, 4) is 11.4 Å². The van der Waals surface area contributed by atoms with Gasteiger partial charge in [-0.25, -0.2) is 4.68 Å². The highest BCUT2D eigenvalue weighted by Crippen LogP contribution is 2.24. The number of β-amino-alcohol motifs (C(OH)–C–C–N with tert-alkyl or cyclic N) is 1. The first-order valence-corrected chi connectivity index (χ1v) is 7.76. The third-order valence-electron chi connectivity index (χ3n) is 4.07. The van der Waals surface area contributed by atoms with Crippen molar-refractivity contribution in [1.29, 1.82) is 0 Å². The van der Waals surface area contributed by atoms with Gasteiger partial charge in [0.05, 0.1) is 13.2 Å². The molecule has 1 aliphatic rings. The van der Waals surface area contributed by atoms with Crippen molar-refractivity contribution in [2.45, 2.75) is 25.9 Å². The average molecular weight is 315 g/mol. The Morgan fingerprint density at radius 3 is 2.96 bits per heavy atom. The number of carbonyl (C=O) groups is 1. The van der Waals surface area contributed by atoms with E-state index in [4.69, 9.17) is 4.74 Å². The van der Waals surface area contributed by atoms with Crippen LogP contribution in [0.3, 0.4) is 0 Å². The molecule has 1 atom stereocenters. The number of piperidine rings is 1. The molecule has 0 bridgehead atoms. The standard InChI is InChI=1S/C17H21N3O3/c1-12-5-6-16(23-2)15(10-12)20-9-7-14(18-20)17(22)19-8-3-4-13(21)11-19/h5-7,9-10,13,21H,3-4,8,11H2,1-2H3. The van der Waals surface area contributed by atoms with E-state index < -0.39 is 6.10 Å². The topological polar surface area (TPSA) is 67.6 Å². The summed E-state index contributed by atoms with van der Waals surface area (Å²) in [7, 11) is 1.61. The Labute approximate surface area is 135 Å². The summed E-state index contributed by atoms with van der Waals surface area (Å²) < 4.78 is 7.02. The molecule has 0 aliphatic carbocycles. The number of nitrogens with zero attached hydrogens (tertiary/aromatic N) is 3. The molecule has 6 nitrogen and oxygen atoms in total. The Hall–Kier alpha value is -2.34. The predicted octanol–water partition coefficient (Wildman–Crippen LogP) is 1.79. The van der Waals surface area contributed by atoms with Crippen LogP contribution in [-0.4, -0.2) is 52.0 Å². The van der Waals surface area contributed by atoms with E-state index in [0.717, 1.165) is 24.1 Å². The lowest BCUT2D eigenvalue weighted by Gasteiger charge is -2.29. The number of aliphatic hydroxyl groups excluding tert-OH is 1. The first-order valence-electron chi connectivity index (χ1n) is 7.76. The van der Waals surface area contributed by atoms with Gasteiger partial charge in [-0.2, -0.15) is 5.10 Å². The first-order chi connectivity index (χ1) is 11.1. The molecule has 1 N–H and O–H groups in total. The van der Waals surface area contributed by atoms with Crippen LogP contribution in [0.1, 0.15) is 28.9 Å². The number of carbonyl (C=O) groups excluding carboxylic acids is 1. The molecule has 1 saturated heterocycles. The largest absolute Gasteiger partial charge is 0.494 e. The highest BCUT2D eigenvalue weighted by Gasteiger charge is 2.24. The Bertz CT molecular complexity index is 711. The monoisotopic (exact) mass is 315 g/mol. The molecule has 1 fully saturated rings. The van der Waals surface area contributed by atoms with Gasteiger partial charge in [0.25, 0.3) is 5.91 Å². The summed E-state index contributed by atoms with van der Waals surface area (Å²) in [6.07, 6.45) is 2.88. The van der Waals surface area contributed by atoms with Gasteiger partial charge in [-0.3, -0.25) is 4.79 Å². The number of methoxy groups -OCH3 is 1. The molecule has 2 heterocycles. The molecular formula is C17H21N3O3. The van der Waals surface area contributed by atoms with Crippen molar-refractivity contribution in [2.24, 2.45) is 0 Å². The van der Waals surface area contributed by atoms with E-state index in [-0.39, 0.29) is 5.91 Å². The number of aryl methyl sites for hydroxylation is 1. The molecular weight excluding hydrogens is 294 g/mol. The van der Waals surface area contributed by atoms with Crippen LogP contribution in [0.5, 0.6) is 5.75 Å². The Balaban J connectivity index is 1.86. The van der Waals surface area contributed by atoms with Crippen LogP contribution < -0.4 is 4.74 Å². The summed E-state index contributed by atoms with van der Waals surface area (Å²) in [6.45, 7) is 3.03. The van der Waals surface area contributed by atoms with Crippen molar-refractivity contribution in [2.75, 3.05) is 20.2 Å². The van der Waals surface area contributed by atoms with Crippen molar-refractivity contribution in [1.82, 2.24) is 14.7 Å². The third kappa shape index (κ3) is 3.22. The number of aromatic nitrogens is 2. The molecule has 1 aliphatic heterocycles. The van der Waals surface area contributed by atoms with Gasteiger partial charge in [0, 0.05) is 19.3 Å². The van der Waals surface area contributed by atoms with Gasteiger partial charge in [-0.15, -0.1) is 0 Å². The van der Waals surface area contributed by atoms with Gasteiger partial charge in [0.1, 0.15) is 11.4 Å². The van der Waals surface area contributed by atoms with Crippen LogP contribution in [0.15, 0.2) is 30.5 Å². The van der Waals surface area contributed by atoms with Crippen molar-refractivity contribution < 1.29 is 14.6 Å². The average Bonchev–Trinajstić information content (AvgIpc) is 3.04. The van der Waals surface area contributed by atoms with E-state index in [1.54, 1.807) is 29.0 Å². The van der Waals surface area contributed by atoms with Crippen LogP contribution in [0.2, 0.25) is 0 Å². The summed E-state index contributed by atoms with van der Waals surface area (Å²) in [5.74, 6) is 0.556. The third-order valence-corrected chi connectivity index (χ3v) is 4.07. The van der Waals surface area contributed by atoms with Crippen LogP contribution in [0, 0.1) is 6.92 Å². The second-order valence-corrected chi connectivity index (χ2v) is 5.87. The van der Waals surface area contributed by atoms with Crippen molar-refractivity contribution in [3.05, 3.63) is 41.7 Å². The highest BCUT2D eigenvalue weighted by atomic mass is 16.5. The molecule has 0 radical (unpaired) electrons. The van der Waals surface area contributed by atoms with Crippen LogP contribution in [0.4, 0.5) is 0 Å². The summed E-state index contributed by atoms with van der Waals surface area (Å²) >= 11 is 0. The molecule has 23 heavy (non-hydrogen) atoms.